The zero-order valence-electron chi connectivity index (χ0n) is 8.41. The Morgan fingerprint density at radius 3 is 2.25 bits per heavy atom. The van der Waals surface area contributed by atoms with E-state index in [2.05, 4.69) is 4.18 Å². The summed E-state index contributed by atoms with van der Waals surface area (Å²) in [5, 5.41) is 20.4. The molecule has 0 heterocycles. The van der Waals surface area contributed by atoms with Crippen LogP contribution in [0.25, 0.3) is 0 Å². The average Bonchev–Trinajstić information content (AvgIpc) is 2.07. The van der Waals surface area contributed by atoms with Crippen molar-refractivity contribution in [2.24, 2.45) is 0 Å². The first-order chi connectivity index (χ1) is 7.22. The molecule has 0 aromatic heterocycles. The zero-order chi connectivity index (χ0) is 12.8. The van der Waals surface area contributed by atoms with Crippen molar-refractivity contribution in [3.8, 4) is 0 Å². The topological polar surface area (TPSA) is 124 Å². The molecular formula is C8H10O7S-2. The molecule has 16 heavy (non-hydrogen) atoms. The number of carboxylic acids is 2. The summed E-state index contributed by atoms with van der Waals surface area (Å²) < 4.78 is 25.5. The maximum atomic E-state index is 10.6. The molecule has 1 unspecified atom stereocenters. The van der Waals surface area contributed by atoms with Gasteiger partial charge in [0, 0.05) is 12.4 Å². The highest BCUT2D eigenvalue weighted by Crippen LogP contribution is 2.03. The van der Waals surface area contributed by atoms with Gasteiger partial charge in [0.25, 0.3) is 10.1 Å². The lowest BCUT2D eigenvalue weighted by Gasteiger charge is -2.14. The molecule has 0 radical (unpaired) electrons. The molecule has 0 amide bonds. The summed E-state index contributed by atoms with van der Waals surface area (Å²) in [6.45, 7) is 0. The van der Waals surface area contributed by atoms with Crippen LogP contribution in [0.3, 0.4) is 0 Å². The number of carbonyl (C=O) groups excluding carboxylic acids is 2. The van der Waals surface area contributed by atoms with E-state index in [1.165, 1.54) is 6.08 Å². The molecule has 0 saturated carbocycles. The molecule has 0 saturated heterocycles. The highest BCUT2D eigenvalue weighted by molar-refractivity contribution is 7.86. The second-order valence-electron chi connectivity index (χ2n) is 2.89. The summed E-state index contributed by atoms with van der Waals surface area (Å²) in [6.07, 6.45) is 0.654. The Hall–Kier alpha value is -1.41. The van der Waals surface area contributed by atoms with Gasteiger partial charge in [-0.2, -0.15) is 8.42 Å². The number of carboxylic acid groups (broad SMARTS) is 2. The molecule has 0 rings (SSSR count). The van der Waals surface area contributed by atoms with Gasteiger partial charge in [0.2, 0.25) is 0 Å². The van der Waals surface area contributed by atoms with Crippen LogP contribution in [0.5, 0.6) is 0 Å². The van der Waals surface area contributed by atoms with Crippen molar-refractivity contribution in [3.05, 3.63) is 12.2 Å². The van der Waals surface area contributed by atoms with Crippen LogP contribution in [-0.4, -0.2) is 32.7 Å². The van der Waals surface area contributed by atoms with Gasteiger partial charge in [-0.15, -0.1) is 0 Å². The van der Waals surface area contributed by atoms with E-state index in [1.807, 2.05) is 0 Å². The monoisotopic (exact) mass is 250 g/mol. The van der Waals surface area contributed by atoms with Gasteiger partial charge in [-0.1, -0.05) is 12.2 Å². The Kier molecular flexibility index (Phi) is 5.68. The summed E-state index contributed by atoms with van der Waals surface area (Å²) in [5.41, 5.74) is 0. The number of aliphatic carboxylic acids is 2. The number of hydrogen-bond donors (Lipinski definition) is 0. The van der Waals surface area contributed by atoms with Crippen LogP contribution < -0.4 is 10.2 Å². The number of carbonyl (C=O) groups is 2. The Labute approximate surface area is 92.5 Å². The first kappa shape index (κ1) is 14.6. The molecular weight excluding hydrogens is 240 g/mol. The first-order valence-corrected chi connectivity index (χ1v) is 5.98. The van der Waals surface area contributed by atoms with E-state index in [9.17, 15) is 28.2 Å². The van der Waals surface area contributed by atoms with E-state index in [4.69, 9.17) is 0 Å². The van der Waals surface area contributed by atoms with Gasteiger partial charge in [0.15, 0.2) is 0 Å². The molecule has 0 fully saturated rings. The molecule has 0 bridgehead atoms. The molecule has 92 valence electrons. The van der Waals surface area contributed by atoms with E-state index in [-0.39, 0.29) is 6.42 Å². The minimum absolute atomic E-state index is 0.303. The van der Waals surface area contributed by atoms with Crippen LogP contribution >= 0.6 is 0 Å². The predicted octanol–water partition coefficient (Wildman–Crippen LogP) is -2.83. The normalized spacial score (nSPS) is 13.8. The third kappa shape index (κ3) is 7.94. The lowest BCUT2D eigenvalue weighted by molar-refractivity contribution is -0.313. The smallest absolute Gasteiger partial charge is 0.265 e. The Morgan fingerprint density at radius 1 is 1.31 bits per heavy atom. The third-order valence-corrected chi connectivity index (χ3v) is 1.94. The van der Waals surface area contributed by atoms with E-state index >= 15 is 0 Å². The number of hydrogen-bond acceptors (Lipinski definition) is 7. The van der Waals surface area contributed by atoms with Crippen LogP contribution in [-0.2, 0) is 23.9 Å². The van der Waals surface area contributed by atoms with Gasteiger partial charge in [-0.3, -0.25) is 4.18 Å². The number of rotatable bonds is 7. The van der Waals surface area contributed by atoms with Crippen LogP contribution in [0.4, 0.5) is 0 Å². The van der Waals surface area contributed by atoms with Gasteiger partial charge >= 0.3 is 0 Å². The summed E-state index contributed by atoms with van der Waals surface area (Å²) in [5.74, 6) is -3.02. The maximum Gasteiger partial charge on any atom is 0.265 e. The first-order valence-electron chi connectivity index (χ1n) is 4.16. The van der Waals surface area contributed by atoms with Crippen LogP contribution in [0.2, 0.25) is 0 Å². The van der Waals surface area contributed by atoms with E-state index < -0.39 is 34.6 Å². The quantitative estimate of drug-likeness (QED) is 0.352. The summed E-state index contributed by atoms with van der Waals surface area (Å²) in [7, 11) is -3.91. The van der Waals surface area contributed by atoms with Gasteiger partial charge < -0.3 is 19.8 Å². The zero-order valence-corrected chi connectivity index (χ0v) is 9.23. The third-order valence-electron chi connectivity index (χ3n) is 1.36. The van der Waals surface area contributed by atoms with Gasteiger partial charge in [-0.05, 0) is 6.42 Å². The fourth-order valence-electron chi connectivity index (χ4n) is 0.785. The second kappa shape index (κ2) is 6.23. The van der Waals surface area contributed by atoms with Crippen molar-refractivity contribution in [3.63, 3.8) is 0 Å². The fraction of sp³-hybridized carbons (Fsp3) is 0.500. The summed E-state index contributed by atoms with van der Waals surface area (Å²) in [4.78, 5) is 20.4. The van der Waals surface area contributed by atoms with Crippen LogP contribution in [0, 0.1) is 0 Å². The standard InChI is InChI=1S/C8H12O7S/c1-16(13,14)15-6(8(11)12)4-2-3-5-7(9)10/h2-3,6H,4-5H2,1H3,(H,9,10)(H,11,12)/p-2/b3-2+. The summed E-state index contributed by atoms with van der Waals surface area (Å²) in [6, 6.07) is 0. The molecule has 0 spiro atoms. The minimum atomic E-state index is -3.91. The van der Waals surface area contributed by atoms with Gasteiger partial charge in [0.05, 0.1) is 12.2 Å². The van der Waals surface area contributed by atoms with Crippen molar-refractivity contribution < 1.29 is 32.4 Å². The molecule has 0 N–H and O–H groups in total. The molecule has 0 aromatic carbocycles. The highest BCUT2D eigenvalue weighted by atomic mass is 32.2. The van der Waals surface area contributed by atoms with Crippen LogP contribution in [0.15, 0.2) is 12.2 Å². The molecule has 7 nitrogen and oxygen atoms in total. The average molecular weight is 250 g/mol. The van der Waals surface area contributed by atoms with Crippen molar-refractivity contribution in [1.82, 2.24) is 0 Å². The molecule has 0 aliphatic rings. The van der Waals surface area contributed by atoms with Gasteiger partial charge in [-0.25, -0.2) is 0 Å². The Morgan fingerprint density at radius 2 is 1.88 bits per heavy atom. The lowest BCUT2D eigenvalue weighted by atomic mass is 10.2. The van der Waals surface area contributed by atoms with E-state index in [0.29, 0.717) is 6.26 Å². The minimum Gasteiger partial charge on any atom is -0.550 e. The van der Waals surface area contributed by atoms with E-state index in [0.717, 1.165) is 6.08 Å². The SMILES string of the molecule is CS(=O)(=O)OC(C/C=C/CC(=O)[O-])C(=O)[O-]. The van der Waals surface area contributed by atoms with Gasteiger partial charge in [0.1, 0.15) is 6.10 Å². The molecule has 0 aliphatic carbocycles. The molecule has 1 atom stereocenters. The lowest BCUT2D eigenvalue weighted by Crippen LogP contribution is -2.38. The molecule has 8 heteroatoms. The van der Waals surface area contributed by atoms with Crippen molar-refractivity contribution in [2.75, 3.05) is 6.26 Å². The second-order valence-corrected chi connectivity index (χ2v) is 4.49. The van der Waals surface area contributed by atoms with Crippen LogP contribution in [0.1, 0.15) is 12.8 Å². The Bertz CT molecular complexity index is 381. The van der Waals surface area contributed by atoms with Crippen molar-refractivity contribution in [2.45, 2.75) is 18.9 Å². The highest BCUT2D eigenvalue weighted by Gasteiger charge is 2.14. The van der Waals surface area contributed by atoms with Crippen molar-refractivity contribution in [1.29, 1.82) is 0 Å². The van der Waals surface area contributed by atoms with Crippen molar-refractivity contribution >= 4 is 22.1 Å². The van der Waals surface area contributed by atoms with E-state index in [1.54, 1.807) is 0 Å². The largest absolute Gasteiger partial charge is 0.550 e. The molecule has 0 aliphatic heterocycles. The predicted molar refractivity (Wildman–Crippen MR) is 48.1 cm³/mol. The Balaban J connectivity index is 4.31. The fourth-order valence-corrected chi connectivity index (χ4v) is 1.36. The molecule has 0 aromatic rings. The summed E-state index contributed by atoms with van der Waals surface area (Å²) >= 11 is 0. The maximum absolute atomic E-state index is 10.6.